The number of thiocarbonyl (C=S) groups is 1. The van der Waals surface area contributed by atoms with E-state index in [2.05, 4.69) is 15.3 Å². The standard InChI is InChI=1S/C12H12N4S2/c1-18-9-4-2-3-8(7-9)15-12-14-6-5-10(16-12)11(13)17/h2-7H,1H3,(H2,13,17)(H,14,15,16). The van der Waals surface area contributed by atoms with Gasteiger partial charge in [0.1, 0.15) is 10.7 Å². The minimum atomic E-state index is 0.262. The zero-order chi connectivity index (χ0) is 13.0. The van der Waals surface area contributed by atoms with Crippen molar-refractivity contribution in [2.24, 2.45) is 5.73 Å². The molecule has 0 fully saturated rings. The number of thioether (sulfide) groups is 1. The van der Waals surface area contributed by atoms with Gasteiger partial charge >= 0.3 is 0 Å². The Morgan fingerprint density at radius 2 is 2.22 bits per heavy atom. The molecule has 6 heteroatoms. The van der Waals surface area contributed by atoms with Crippen LogP contribution in [0.1, 0.15) is 5.69 Å². The third-order valence-corrected chi connectivity index (χ3v) is 3.17. The smallest absolute Gasteiger partial charge is 0.227 e. The van der Waals surface area contributed by atoms with Crippen molar-refractivity contribution in [3.8, 4) is 0 Å². The lowest BCUT2D eigenvalue weighted by atomic mass is 10.3. The molecule has 0 atom stereocenters. The van der Waals surface area contributed by atoms with Crippen LogP contribution in [0.15, 0.2) is 41.4 Å². The molecule has 0 bridgehead atoms. The molecule has 18 heavy (non-hydrogen) atoms. The monoisotopic (exact) mass is 276 g/mol. The van der Waals surface area contributed by atoms with E-state index in [0.717, 1.165) is 5.69 Å². The first-order chi connectivity index (χ1) is 8.69. The van der Waals surface area contributed by atoms with Crippen molar-refractivity contribution in [3.63, 3.8) is 0 Å². The van der Waals surface area contributed by atoms with E-state index in [1.165, 1.54) is 4.90 Å². The number of nitrogens with one attached hydrogen (secondary N) is 1. The Labute approximate surface area is 115 Å². The molecule has 0 amide bonds. The molecular weight excluding hydrogens is 264 g/mol. The average Bonchev–Trinajstić information content (AvgIpc) is 2.39. The molecule has 0 radical (unpaired) electrons. The van der Waals surface area contributed by atoms with Crippen LogP contribution in [0, 0.1) is 0 Å². The van der Waals surface area contributed by atoms with Crippen molar-refractivity contribution in [1.82, 2.24) is 9.97 Å². The molecule has 0 aliphatic heterocycles. The van der Waals surface area contributed by atoms with Gasteiger partial charge in [0.15, 0.2) is 0 Å². The highest BCUT2D eigenvalue weighted by Crippen LogP contribution is 2.20. The van der Waals surface area contributed by atoms with Crippen LogP contribution < -0.4 is 11.1 Å². The number of rotatable bonds is 4. The second kappa shape index (κ2) is 5.79. The maximum Gasteiger partial charge on any atom is 0.227 e. The van der Waals surface area contributed by atoms with Crippen LogP contribution >= 0.6 is 24.0 Å². The highest BCUT2D eigenvalue weighted by Gasteiger charge is 2.02. The van der Waals surface area contributed by atoms with Crippen LogP contribution in [0.25, 0.3) is 0 Å². The fourth-order valence-corrected chi connectivity index (χ4v) is 1.96. The number of nitrogens with zero attached hydrogens (tertiary/aromatic N) is 2. The van der Waals surface area contributed by atoms with Crippen molar-refractivity contribution >= 4 is 40.6 Å². The summed E-state index contributed by atoms with van der Waals surface area (Å²) in [4.78, 5) is 9.79. The molecule has 0 aliphatic rings. The quantitative estimate of drug-likeness (QED) is 0.661. The summed E-state index contributed by atoms with van der Waals surface area (Å²) in [6.45, 7) is 0. The molecule has 1 aromatic carbocycles. The zero-order valence-corrected chi connectivity index (χ0v) is 11.4. The van der Waals surface area contributed by atoms with E-state index in [-0.39, 0.29) is 4.99 Å². The highest BCUT2D eigenvalue weighted by molar-refractivity contribution is 7.98. The lowest BCUT2D eigenvalue weighted by molar-refractivity contribution is 1.15. The normalized spacial score (nSPS) is 10.1. The third-order valence-electron chi connectivity index (χ3n) is 2.23. The van der Waals surface area contributed by atoms with Gasteiger partial charge < -0.3 is 11.1 Å². The Morgan fingerprint density at radius 1 is 1.39 bits per heavy atom. The van der Waals surface area contributed by atoms with E-state index < -0.39 is 0 Å². The van der Waals surface area contributed by atoms with Crippen molar-refractivity contribution in [2.45, 2.75) is 4.90 Å². The number of hydrogen-bond acceptors (Lipinski definition) is 5. The van der Waals surface area contributed by atoms with Gasteiger partial charge in [0.05, 0.1) is 0 Å². The molecule has 3 N–H and O–H groups in total. The minimum absolute atomic E-state index is 0.262. The van der Waals surface area contributed by atoms with Gasteiger partial charge in [0.2, 0.25) is 5.95 Å². The van der Waals surface area contributed by atoms with Crippen molar-refractivity contribution in [2.75, 3.05) is 11.6 Å². The van der Waals surface area contributed by atoms with Crippen LogP contribution in [-0.2, 0) is 0 Å². The molecule has 1 heterocycles. The van der Waals surface area contributed by atoms with Crippen molar-refractivity contribution in [3.05, 3.63) is 42.2 Å². The minimum Gasteiger partial charge on any atom is -0.388 e. The lowest BCUT2D eigenvalue weighted by Gasteiger charge is -2.06. The van der Waals surface area contributed by atoms with Crippen molar-refractivity contribution in [1.29, 1.82) is 0 Å². The topological polar surface area (TPSA) is 63.8 Å². The van der Waals surface area contributed by atoms with E-state index in [4.69, 9.17) is 18.0 Å². The van der Waals surface area contributed by atoms with Crippen LogP contribution in [-0.4, -0.2) is 21.2 Å². The summed E-state index contributed by atoms with van der Waals surface area (Å²) < 4.78 is 0. The van der Waals surface area contributed by atoms with Crippen molar-refractivity contribution < 1.29 is 0 Å². The van der Waals surface area contributed by atoms with Gasteiger partial charge in [-0.15, -0.1) is 11.8 Å². The van der Waals surface area contributed by atoms with Gasteiger partial charge in [-0.3, -0.25) is 0 Å². The second-order valence-corrected chi connectivity index (χ2v) is 4.81. The first-order valence-corrected chi connectivity index (χ1v) is 6.86. The first-order valence-electron chi connectivity index (χ1n) is 5.23. The SMILES string of the molecule is CSc1cccc(Nc2nccc(C(N)=S)n2)c1. The van der Waals surface area contributed by atoms with E-state index in [1.54, 1.807) is 24.0 Å². The molecule has 1 aromatic heterocycles. The number of aromatic nitrogens is 2. The Morgan fingerprint density at radius 3 is 2.94 bits per heavy atom. The molecule has 92 valence electrons. The zero-order valence-electron chi connectivity index (χ0n) is 9.75. The van der Waals surface area contributed by atoms with E-state index in [1.807, 2.05) is 30.5 Å². The van der Waals surface area contributed by atoms with E-state index >= 15 is 0 Å². The molecule has 4 nitrogen and oxygen atoms in total. The predicted molar refractivity (Wildman–Crippen MR) is 79.4 cm³/mol. The lowest BCUT2D eigenvalue weighted by Crippen LogP contribution is -2.12. The van der Waals surface area contributed by atoms with Gasteiger partial charge in [-0.1, -0.05) is 18.3 Å². The van der Waals surface area contributed by atoms with Gasteiger partial charge in [-0.05, 0) is 30.5 Å². The maximum absolute atomic E-state index is 5.53. The predicted octanol–water partition coefficient (Wildman–Crippen LogP) is 2.58. The highest BCUT2D eigenvalue weighted by atomic mass is 32.2. The maximum atomic E-state index is 5.53. The third kappa shape index (κ3) is 3.18. The molecular formula is C12H12N4S2. The summed E-state index contributed by atoms with van der Waals surface area (Å²) in [5, 5.41) is 3.12. The first kappa shape index (κ1) is 12.8. The molecule has 0 spiro atoms. The summed E-state index contributed by atoms with van der Waals surface area (Å²) in [6.07, 6.45) is 3.66. The Bertz CT molecular complexity index is 572. The van der Waals surface area contributed by atoms with Crippen LogP contribution in [0.3, 0.4) is 0 Å². The summed E-state index contributed by atoms with van der Waals surface area (Å²) in [5.41, 5.74) is 7.02. The molecule has 0 aliphatic carbocycles. The van der Waals surface area contributed by atoms with Crippen LogP contribution in [0.2, 0.25) is 0 Å². The molecule has 0 saturated heterocycles. The summed E-state index contributed by atoms with van der Waals surface area (Å²) in [7, 11) is 0. The summed E-state index contributed by atoms with van der Waals surface area (Å²) >= 11 is 6.56. The van der Waals surface area contributed by atoms with Gasteiger partial charge in [0.25, 0.3) is 0 Å². The van der Waals surface area contributed by atoms with E-state index in [0.29, 0.717) is 11.6 Å². The number of anilines is 2. The number of nitrogens with two attached hydrogens (primary N) is 1. The van der Waals surface area contributed by atoms with E-state index in [9.17, 15) is 0 Å². The van der Waals surface area contributed by atoms with Crippen LogP contribution in [0.4, 0.5) is 11.6 Å². The Hall–Kier alpha value is -1.66. The summed E-state index contributed by atoms with van der Waals surface area (Å²) in [5.74, 6) is 0.485. The fraction of sp³-hybridized carbons (Fsp3) is 0.0833. The average molecular weight is 276 g/mol. The molecule has 0 unspecified atom stereocenters. The largest absolute Gasteiger partial charge is 0.388 e. The Balaban J connectivity index is 2.22. The Kier molecular flexibility index (Phi) is 4.11. The molecule has 2 rings (SSSR count). The summed E-state index contributed by atoms with van der Waals surface area (Å²) in [6, 6.07) is 9.69. The van der Waals surface area contributed by atoms with Crippen LogP contribution in [0.5, 0.6) is 0 Å². The number of hydrogen-bond donors (Lipinski definition) is 2. The fourth-order valence-electron chi connectivity index (χ4n) is 1.39. The second-order valence-electron chi connectivity index (χ2n) is 3.49. The number of benzene rings is 1. The van der Waals surface area contributed by atoms with Gasteiger partial charge in [0, 0.05) is 16.8 Å². The van der Waals surface area contributed by atoms with Gasteiger partial charge in [-0.25, -0.2) is 9.97 Å². The molecule has 0 saturated carbocycles. The van der Waals surface area contributed by atoms with Gasteiger partial charge in [-0.2, -0.15) is 0 Å². The molecule has 2 aromatic rings.